The van der Waals surface area contributed by atoms with Crippen molar-refractivity contribution in [2.75, 3.05) is 6.54 Å². The van der Waals surface area contributed by atoms with Crippen LogP contribution in [0.2, 0.25) is 0 Å². The van der Waals surface area contributed by atoms with E-state index < -0.39 is 0 Å². The molecule has 0 bridgehead atoms. The minimum Gasteiger partial charge on any atom is -0.309 e. The molecule has 1 aliphatic carbocycles. The zero-order valence-corrected chi connectivity index (χ0v) is 12.8. The summed E-state index contributed by atoms with van der Waals surface area (Å²) in [6.45, 7) is 8.15. The van der Waals surface area contributed by atoms with Crippen molar-refractivity contribution in [3.05, 3.63) is 22.4 Å². The van der Waals surface area contributed by atoms with Crippen molar-refractivity contribution < 1.29 is 0 Å². The van der Waals surface area contributed by atoms with Crippen molar-refractivity contribution >= 4 is 11.3 Å². The molecule has 2 atom stereocenters. The molecule has 2 unspecified atom stereocenters. The summed E-state index contributed by atoms with van der Waals surface area (Å²) in [4.78, 5) is 1.54. The Labute approximate surface area is 116 Å². The van der Waals surface area contributed by atoms with Crippen LogP contribution in [-0.4, -0.2) is 6.54 Å². The highest BCUT2D eigenvalue weighted by molar-refractivity contribution is 7.10. The first-order valence-electron chi connectivity index (χ1n) is 7.45. The Morgan fingerprint density at radius 1 is 1.28 bits per heavy atom. The summed E-state index contributed by atoms with van der Waals surface area (Å²) in [5.41, 5.74) is 0. The summed E-state index contributed by atoms with van der Waals surface area (Å²) in [7, 11) is 0. The van der Waals surface area contributed by atoms with E-state index in [1.165, 1.54) is 30.6 Å². The van der Waals surface area contributed by atoms with Gasteiger partial charge in [-0.3, -0.25) is 0 Å². The van der Waals surface area contributed by atoms with Crippen LogP contribution in [0.15, 0.2) is 17.5 Å². The summed E-state index contributed by atoms with van der Waals surface area (Å²) >= 11 is 1.92. The van der Waals surface area contributed by atoms with E-state index in [-0.39, 0.29) is 0 Å². The van der Waals surface area contributed by atoms with Crippen LogP contribution in [-0.2, 0) is 0 Å². The van der Waals surface area contributed by atoms with Crippen LogP contribution in [0.4, 0.5) is 0 Å². The summed E-state index contributed by atoms with van der Waals surface area (Å²) in [5, 5.41) is 6.07. The SMILES string of the molecule is CC(C)C(C)CNC(c1cccs1)C1CCCC1. The molecule has 0 saturated heterocycles. The average molecular weight is 265 g/mol. The number of thiophene rings is 1. The van der Waals surface area contributed by atoms with E-state index in [2.05, 4.69) is 43.6 Å². The highest BCUT2D eigenvalue weighted by Gasteiger charge is 2.27. The Kier molecular flexibility index (Phi) is 5.25. The van der Waals surface area contributed by atoms with Crippen LogP contribution in [0.25, 0.3) is 0 Å². The second-order valence-electron chi connectivity index (χ2n) is 6.17. The smallest absolute Gasteiger partial charge is 0.0443 e. The lowest BCUT2D eigenvalue weighted by atomic mass is 9.94. The first kappa shape index (κ1) is 14.1. The minimum atomic E-state index is 0.605. The van der Waals surface area contributed by atoms with Crippen LogP contribution in [0.5, 0.6) is 0 Å². The predicted molar refractivity (Wildman–Crippen MR) is 81.0 cm³/mol. The maximum Gasteiger partial charge on any atom is 0.0443 e. The van der Waals surface area contributed by atoms with Gasteiger partial charge in [-0.05, 0) is 48.6 Å². The Hall–Kier alpha value is -0.340. The monoisotopic (exact) mass is 265 g/mol. The van der Waals surface area contributed by atoms with Crippen LogP contribution in [0.1, 0.15) is 57.4 Å². The van der Waals surface area contributed by atoms with E-state index in [4.69, 9.17) is 0 Å². The number of nitrogens with one attached hydrogen (secondary N) is 1. The molecule has 1 aromatic rings. The van der Waals surface area contributed by atoms with E-state index in [1.54, 1.807) is 0 Å². The third kappa shape index (κ3) is 3.58. The predicted octanol–water partition coefficient (Wildman–Crippen LogP) is 4.86. The van der Waals surface area contributed by atoms with Gasteiger partial charge in [-0.25, -0.2) is 0 Å². The molecule has 1 nitrogen and oxygen atoms in total. The first-order chi connectivity index (χ1) is 8.68. The molecule has 1 N–H and O–H groups in total. The molecule has 1 aliphatic rings. The van der Waals surface area contributed by atoms with Crippen LogP contribution < -0.4 is 5.32 Å². The fourth-order valence-corrected chi connectivity index (χ4v) is 3.70. The minimum absolute atomic E-state index is 0.605. The quantitative estimate of drug-likeness (QED) is 0.774. The molecule has 1 aromatic heterocycles. The topological polar surface area (TPSA) is 12.0 Å². The Balaban J connectivity index is 1.97. The fraction of sp³-hybridized carbons (Fsp3) is 0.750. The van der Waals surface area contributed by atoms with Gasteiger partial charge in [0.15, 0.2) is 0 Å². The highest BCUT2D eigenvalue weighted by atomic mass is 32.1. The molecule has 0 amide bonds. The zero-order valence-electron chi connectivity index (χ0n) is 12.0. The van der Waals surface area contributed by atoms with Gasteiger partial charge in [-0.2, -0.15) is 0 Å². The number of rotatable bonds is 6. The third-order valence-corrected chi connectivity index (χ3v) is 5.47. The van der Waals surface area contributed by atoms with Crippen LogP contribution in [0.3, 0.4) is 0 Å². The van der Waals surface area contributed by atoms with Gasteiger partial charge < -0.3 is 5.32 Å². The van der Waals surface area contributed by atoms with Gasteiger partial charge in [-0.15, -0.1) is 11.3 Å². The van der Waals surface area contributed by atoms with Gasteiger partial charge in [0.25, 0.3) is 0 Å². The molecule has 2 heteroatoms. The third-order valence-electron chi connectivity index (χ3n) is 4.52. The molecule has 0 aliphatic heterocycles. The van der Waals surface area contributed by atoms with Crippen molar-refractivity contribution in [3.63, 3.8) is 0 Å². The van der Waals surface area contributed by atoms with Gasteiger partial charge in [-0.1, -0.05) is 39.7 Å². The van der Waals surface area contributed by atoms with Crippen molar-refractivity contribution in [2.45, 2.75) is 52.5 Å². The van der Waals surface area contributed by atoms with Crippen LogP contribution >= 0.6 is 11.3 Å². The van der Waals surface area contributed by atoms with E-state index in [0.717, 1.165) is 24.3 Å². The summed E-state index contributed by atoms with van der Waals surface area (Å²) in [6, 6.07) is 5.10. The van der Waals surface area contributed by atoms with Crippen molar-refractivity contribution in [1.29, 1.82) is 0 Å². The summed E-state index contributed by atoms with van der Waals surface area (Å²) in [6.07, 6.45) is 5.67. The maximum atomic E-state index is 3.86. The molecule has 0 spiro atoms. The lowest BCUT2D eigenvalue weighted by molar-refractivity contribution is 0.318. The Morgan fingerprint density at radius 2 is 2.00 bits per heavy atom. The standard InChI is InChI=1S/C16H27NS/c1-12(2)13(3)11-17-16(14-7-4-5-8-14)15-9-6-10-18-15/h6,9-10,12-14,16-17H,4-5,7-8,11H2,1-3H3. The molecular weight excluding hydrogens is 238 g/mol. The molecule has 18 heavy (non-hydrogen) atoms. The lowest BCUT2D eigenvalue weighted by Crippen LogP contribution is -2.31. The maximum absolute atomic E-state index is 3.86. The second kappa shape index (κ2) is 6.72. The summed E-state index contributed by atoms with van der Waals surface area (Å²) in [5.74, 6) is 2.39. The Bertz CT molecular complexity index is 325. The number of hydrogen-bond donors (Lipinski definition) is 1. The number of hydrogen-bond acceptors (Lipinski definition) is 2. The molecule has 1 fully saturated rings. The van der Waals surface area contributed by atoms with Gasteiger partial charge >= 0.3 is 0 Å². The largest absolute Gasteiger partial charge is 0.309 e. The molecule has 2 rings (SSSR count). The summed E-state index contributed by atoms with van der Waals surface area (Å²) < 4.78 is 0. The zero-order chi connectivity index (χ0) is 13.0. The average Bonchev–Trinajstić information content (AvgIpc) is 3.01. The van der Waals surface area contributed by atoms with Crippen molar-refractivity contribution in [1.82, 2.24) is 5.32 Å². The molecule has 1 saturated carbocycles. The van der Waals surface area contributed by atoms with Gasteiger partial charge in [0.2, 0.25) is 0 Å². The first-order valence-corrected chi connectivity index (χ1v) is 8.33. The Morgan fingerprint density at radius 3 is 2.56 bits per heavy atom. The van der Waals surface area contributed by atoms with E-state index in [1.807, 2.05) is 11.3 Å². The molecule has 0 radical (unpaired) electrons. The molecule has 102 valence electrons. The fourth-order valence-electron chi connectivity index (χ4n) is 2.81. The van der Waals surface area contributed by atoms with Gasteiger partial charge in [0.1, 0.15) is 0 Å². The normalized spacial score (nSPS) is 20.4. The molecule has 0 aromatic carbocycles. The molecular formula is C16H27NS. The van der Waals surface area contributed by atoms with E-state index in [0.29, 0.717) is 6.04 Å². The van der Waals surface area contributed by atoms with Crippen molar-refractivity contribution in [3.8, 4) is 0 Å². The molecule has 1 heterocycles. The van der Waals surface area contributed by atoms with E-state index >= 15 is 0 Å². The van der Waals surface area contributed by atoms with Crippen LogP contribution in [0, 0.1) is 17.8 Å². The van der Waals surface area contributed by atoms with Crippen molar-refractivity contribution in [2.24, 2.45) is 17.8 Å². The van der Waals surface area contributed by atoms with Gasteiger partial charge in [0, 0.05) is 10.9 Å². The van der Waals surface area contributed by atoms with Gasteiger partial charge in [0.05, 0.1) is 0 Å². The van der Waals surface area contributed by atoms with E-state index in [9.17, 15) is 0 Å². The highest BCUT2D eigenvalue weighted by Crippen LogP contribution is 2.37. The lowest BCUT2D eigenvalue weighted by Gasteiger charge is -2.26. The second-order valence-corrected chi connectivity index (χ2v) is 7.15.